The van der Waals surface area contributed by atoms with E-state index >= 15 is 0 Å². The zero-order chi connectivity index (χ0) is 22.4. The molecule has 8 heteroatoms. The molecule has 0 fully saturated rings. The number of methoxy groups -OCH3 is 2. The summed E-state index contributed by atoms with van der Waals surface area (Å²) in [7, 11) is 3.06. The van der Waals surface area contributed by atoms with Crippen molar-refractivity contribution in [3.05, 3.63) is 47.5 Å². The third-order valence-electron chi connectivity index (χ3n) is 4.57. The van der Waals surface area contributed by atoms with Gasteiger partial charge in [-0.15, -0.1) is 0 Å². The van der Waals surface area contributed by atoms with E-state index in [-0.39, 0.29) is 25.4 Å². The maximum Gasteiger partial charge on any atom is 0.311 e. The van der Waals surface area contributed by atoms with Gasteiger partial charge in [0.05, 0.1) is 39.4 Å². The Morgan fingerprint density at radius 1 is 0.968 bits per heavy atom. The van der Waals surface area contributed by atoms with Crippen LogP contribution >= 0.6 is 0 Å². The van der Waals surface area contributed by atoms with Crippen molar-refractivity contribution in [3.8, 4) is 17.2 Å². The second-order valence-corrected chi connectivity index (χ2v) is 6.61. The molecule has 1 aliphatic rings. The molecule has 8 nitrogen and oxygen atoms in total. The Balaban J connectivity index is 1.72. The summed E-state index contributed by atoms with van der Waals surface area (Å²) in [5.74, 6) is 0.194. The van der Waals surface area contributed by atoms with Gasteiger partial charge >= 0.3 is 11.9 Å². The Hall–Kier alpha value is -3.81. The van der Waals surface area contributed by atoms with Crippen LogP contribution in [-0.4, -0.2) is 38.7 Å². The van der Waals surface area contributed by atoms with Crippen molar-refractivity contribution in [2.45, 2.75) is 19.8 Å². The Labute approximate surface area is 179 Å². The second kappa shape index (κ2) is 9.80. The van der Waals surface area contributed by atoms with Crippen LogP contribution in [0.1, 0.15) is 30.9 Å². The van der Waals surface area contributed by atoms with Crippen LogP contribution in [0.2, 0.25) is 0 Å². The molecule has 0 saturated heterocycles. The minimum atomic E-state index is -0.524. The fraction of sp³-hybridized carbons (Fsp3) is 0.261. The Kier molecular flexibility index (Phi) is 6.92. The van der Waals surface area contributed by atoms with Crippen molar-refractivity contribution in [1.29, 1.82) is 0 Å². The van der Waals surface area contributed by atoms with Crippen molar-refractivity contribution >= 4 is 35.2 Å². The number of carbonyl (C=O) groups is 3. The predicted molar refractivity (Wildman–Crippen MR) is 114 cm³/mol. The molecule has 0 spiro atoms. The van der Waals surface area contributed by atoms with Gasteiger partial charge in [0.15, 0.2) is 11.5 Å². The molecule has 2 aromatic rings. The molecule has 0 bridgehead atoms. The highest BCUT2D eigenvalue weighted by atomic mass is 16.5. The van der Waals surface area contributed by atoms with Gasteiger partial charge in [0, 0.05) is 17.2 Å². The summed E-state index contributed by atoms with van der Waals surface area (Å²) >= 11 is 0. The summed E-state index contributed by atoms with van der Waals surface area (Å²) in [6.07, 6.45) is 1.64. The van der Waals surface area contributed by atoms with E-state index in [1.54, 1.807) is 49.4 Å². The number of hydrogen-bond acceptors (Lipinski definition) is 7. The van der Waals surface area contributed by atoms with E-state index in [2.05, 4.69) is 5.32 Å². The fourth-order valence-corrected chi connectivity index (χ4v) is 3.08. The minimum Gasteiger partial charge on any atom is -0.493 e. The van der Waals surface area contributed by atoms with E-state index in [4.69, 9.17) is 18.9 Å². The smallest absolute Gasteiger partial charge is 0.311 e. The Bertz CT molecular complexity index is 1020. The monoisotopic (exact) mass is 425 g/mol. The lowest BCUT2D eigenvalue weighted by Gasteiger charge is -2.09. The van der Waals surface area contributed by atoms with Crippen LogP contribution in [0.3, 0.4) is 0 Å². The molecule has 1 heterocycles. The number of fused-ring (bicyclic) bond motifs is 1. The first-order chi connectivity index (χ1) is 14.9. The summed E-state index contributed by atoms with van der Waals surface area (Å²) < 4.78 is 20.6. The average molecular weight is 425 g/mol. The van der Waals surface area contributed by atoms with Crippen molar-refractivity contribution < 1.29 is 33.3 Å². The molecule has 1 amide bonds. The third-order valence-corrected chi connectivity index (χ3v) is 4.57. The highest BCUT2D eigenvalue weighted by Crippen LogP contribution is 2.41. The van der Waals surface area contributed by atoms with E-state index < -0.39 is 11.9 Å². The van der Waals surface area contributed by atoms with Crippen LogP contribution < -0.4 is 19.5 Å². The number of ether oxygens (including phenoxy) is 4. The minimum absolute atomic E-state index is 0.0282. The maximum atomic E-state index is 12.5. The molecule has 0 aliphatic carbocycles. The lowest BCUT2D eigenvalue weighted by atomic mass is 10.0. The first-order valence-corrected chi connectivity index (χ1v) is 9.71. The summed E-state index contributed by atoms with van der Waals surface area (Å²) in [5, 5.41) is 2.81. The standard InChI is InChI=1S/C23H23NO7/c1-4-30-21(25)9-10-22(26)31-15-7-5-14(6-8-15)11-17-16-12-19(28-2)20(29-3)13-18(16)24-23(17)27/h5-8,11-13H,4,9-10H2,1-3H3,(H,24,27). The van der Waals surface area contributed by atoms with Gasteiger partial charge in [0.25, 0.3) is 5.91 Å². The van der Waals surface area contributed by atoms with Crippen molar-refractivity contribution in [2.75, 3.05) is 26.1 Å². The number of nitrogens with one attached hydrogen (secondary N) is 1. The largest absolute Gasteiger partial charge is 0.493 e. The van der Waals surface area contributed by atoms with Crippen LogP contribution in [0, 0.1) is 0 Å². The third kappa shape index (κ3) is 5.22. The molecule has 3 rings (SSSR count). The van der Waals surface area contributed by atoms with E-state index in [0.717, 1.165) is 5.56 Å². The van der Waals surface area contributed by atoms with Gasteiger partial charge < -0.3 is 24.3 Å². The van der Waals surface area contributed by atoms with Crippen molar-refractivity contribution in [1.82, 2.24) is 0 Å². The first kappa shape index (κ1) is 21.9. The van der Waals surface area contributed by atoms with Gasteiger partial charge in [-0.2, -0.15) is 0 Å². The molecule has 31 heavy (non-hydrogen) atoms. The molecular formula is C23H23NO7. The number of benzene rings is 2. The molecule has 0 radical (unpaired) electrons. The number of anilines is 1. The van der Waals surface area contributed by atoms with Gasteiger partial charge in [-0.05, 0) is 36.8 Å². The summed E-state index contributed by atoms with van der Waals surface area (Å²) in [5.41, 5.74) is 2.58. The first-order valence-electron chi connectivity index (χ1n) is 9.71. The quantitative estimate of drug-likeness (QED) is 0.393. The molecule has 0 saturated carbocycles. The van der Waals surface area contributed by atoms with Gasteiger partial charge in [0.1, 0.15) is 5.75 Å². The van der Waals surface area contributed by atoms with Gasteiger partial charge in [-0.1, -0.05) is 12.1 Å². The molecule has 1 N–H and O–H groups in total. The molecule has 162 valence electrons. The molecule has 0 atom stereocenters. The average Bonchev–Trinajstić information content (AvgIpc) is 3.06. The fourth-order valence-electron chi connectivity index (χ4n) is 3.08. The number of rotatable bonds is 8. The summed E-state index contributed by atoms with van der Waals surface area (Å²) in [4.78, 5) is 35.6. The molecule has 0 unspecified atom stereocenters. The number of hydrogen-bond donors (Lipinski definition) is 1. The van der Waals surface area contributed by atoms with Gasteiger partial charge in [0.2, 0.25) is 0 Å². The summed E-state index contributed by atoms with van der Waals surface area (Å²) in [6, 6.07) is 10.2. The lowest BCUT2D eigenvalue weighted by Crippen LogP contribution is -2.12. The zero-order valence-corrected chi connectivity index (χ0v) is 17.5. The topological polar surface area (TPSA) is 100 Å². The van der Waals surface area contributed by atoms with Crippen LogP contribution in [0.15, 0.2) is 36.4 Å². The van der Waals surface area contributed by atoms with E-state index in [1.807, 2.05) is 0 Å². The van der Waals surface area contributed by atoms with Gasteiger partial charge in [-0.25, -0.2) is 0 Å². The van der Waals surface area contributed by atoms with Crippen LogP contribution in [0.5, 0.6) is 17.2 Å². The molecule has 1 aliphatic heterocycles. The Morgan fingerprint density at radius 3 is 2.26 bits per heavy atom. The molecule has 0 aromatic heterocycles. The van der Waals surface area contributed by atoms with E-state index in [0.29, 0.717) is 34.1 Å². The number of carbonyl (C=O) groups excluding carboxylic acids is 3. The number of amides is 1. The van der Waals surface area contributed by atoms with Crippen LogP contribution in [0.4, 0.5) is 5.69 Å². The van der Waals surface area contributed by atoms with Crippen molar-refractivity contribution in [2.24, 2.45) is 0 Å². The summed E-state index contributed by atoms with van der Waals surface area (Å²) in [6.45, 7) is 1.97. The van der Waals surface area contributed by atoms with Crippen LogP contribution in [0.25, 0.3) is 11.6 Å². The second-order valence-electron chi connectivity index (χ2n) is 6.61. The zero-order valence-electron chi connectivity index (χ0n) is 17.5. The Morgan fingerprint density at radius 2 is 1.61 bits per heavy atom. The maximum absolute atomic E-state index is 12.5. The van der Waals surface area contributed by atoms with Crippen LogP contribution in [-0.2, 0) is 19.1 Å². The number of esters is 2. The van der Waals surface area contributed by atoms with E-state index in [1.165, 1.54) is 14.2 Å². The van der Waals surface area contributed by atoms with Gasteiger partial charge in [-0.3, -0.25) is 14.4 Å². The normalized spacial score (nSPS) is 13.4. The molecular weight excluding hydrogens is 402 g/mol. The highest BCUT2D eigenvalue weighted by molar-refractivity contribution is 6.35. The van der Waals surface area contributed by atoms with Crippen molar-refractivity contribution in [3.63, 3.8) is 0 Å². The highest BCUT2D eigenvalue weighted by Gasteiger charge is 2.26. The van der Waals surface area contributed by atoms with E-state index in [9.17, 15) is 14.4 Å². The lowest BCUT2D eigenvalue weighted by molar-refractivity contribution is -0.146. The SMILES string of the molecule is CCOC(=O)CCC(=O)Oc1ccc(C=C2C(=O)Nc3cc(OC)c(OC)cc32)cc1. The molecule has 2 aromatic carbocycles. The predicted octanol–water partition coefficient (Wildman–Crippen LogP) is 3.45.